The molecule has 0 N–H and O–H groups in total. The molecule has 2 aliphatic carbocycles. The Bertz CT molecular complexity index is 643. The molecule has 2 aliphatic rings. The van der Waals surface area contributed by atoms with Gasteiger partial charge >= 0.3 is 0 Å². The van der Waals surface area contributed by atoms with Crippen molar-refractivity contribution < 1.29 is 13.5 Å². The molecule has 30 heavy (non-hydrogen) atoms. The van der Waals surface area contributed by atoms with E-state index in [9.17, 15) is 8.78 Å². The van der Waals surface area contributed by atoms with E-state index in [1.54, 1.807) is 12.1 Å². The summed E-state index contributed by atoms with van der Waals surface area (Å²) in [6.45, 7) is 7.34. The van der Waals surface area contributed by atoms with Crippen molar-refractivity contribution in [1.82, 2.24) is 0 Å². The van der Waals surface area contributed by atoms with Gasteiger partial charge < -0.3 is 4.74 Å². The van der Waals surface area contributed by atoms with Gasteiger partial charge in [-0.2, -0.15) is 4.39 Å². The summed E-state index contributed by atoms with van der Waals surface area (Å²) in [7, 11) is 0. The fourth-order valence-electron chi connectivity index (χ4n) is 5.97. The predicted molar refractivity (Wildman–Crippen MR) is 121 cm³/mol. The molecule has 2 fully saturated rings. The Hall–Kier alpha value is -1.12. The Morgan fingerprint density at radius 1 is 0.867 bits per heavy atom. The molecular weight excluding hydrogens is 378 g/mol. The lowest BCUT2D eigenvalue weighted by Crippen LogP contribution is -2.28. The molecule has 3 heteroatoms. The van der Waals surface area contributed by atoms with Crippen molar-refractivity contribution in [2.75, 3.05) is 6.61 Å². The van der Waals surface area contributed by atoms with Crippen molar-refractivity contribution in [2.24, 2.45) is 23.7 Å². The van der Waals surface area contributed by atoms with Crippen LogP contribution in [0.2, 0.25) is 0 Å². The summed E-state index contributed by atoms with van der Waals surface area (Å²) in [6.07, 6.45) is 14.2. The Kier molecular flexibility index (Phi) is 9.01. The molecule has 0 amide bonds. The summed E-state index contributed by atoms with van der Waals surface area (Å²) in [5, 5.41) is 0. The van der Waals surface area contributed by atoms with Crippen LogP contribution in [0.3, 0.4) is 0 Å². The topological polar surface area (TPSA) is 9.23 Å². The maximum atomic E-state index is 14.8. The van der Waals surface area contributed by atoms with Crippen LogP contribution in [0, 0.1) is 35.3 Å². The minimum Gasteiger partial charge on any atom is -0.490 e. The monoisotopic (exact) mass is 420 g/mol. The molecule has 0 aromatic heterocycles. The standard InChI is InChI=1S/C27H42F2O/c1-4-6-7-18-30-25-17-16-24(26(28)27(25)29)23-14-12-22(13-15-23)19(3)21-10-8-20(5-2)9-11-21/h16-17,19-23H,4-15,18H2,1-3H3/t19?,20?,21?,22-,23-. The fourth-order valence-corrected chi connectivity index (χ4v) is 5.97. The van der Waals surface area contributed by atoms with Crippen LogP contribution in [0.15, 0.2) is 12.1 Å². The second kappa shape index (κ2) is 11.5. The Balaban J connectivity index is 1.52. The van der Waals surface area contributed by atoms with Gasteiger partial charge in [0, 0.05) is 0 Å². The zero-order chi connectivity index (χ0) is 21.5. The molecule has 3 rings (SSSR count). The van der Waals surface area contributed by atoms with E-state index in [2.05, 4.69) is 20.8 Å². The number of hydrogen-bond acceptors (Lipinski definition) is 1. The van der Waals surface area contributed by atoms with Gasteiger partial charge in [0.2, 0.25) is 5.82 Å². The van der Waals surface area contributed by atoms with Gasteiger partial charge in [0.05, 0.1) is 6.61 Å². The third kappa shape index (κ3) is 5.77. The minimum atomic E-state index is -0.799. The van der Waals surface area contributed by atoms with E-state index in [0.717, 1.165) is 68.6 Å². The summed E-state index contributed by atoms with van der Waals surface area (Å²) in [5.74, 6) is 2.06. The van der Waals surface area contributed by atoms with Crippen molar-refractivity contribution in [1.29, 1.82) is 0 Å². The lowest BCUT2D eigenvalue weighted by molar-refractivity contribution is 0.133. The van der Waals surface area contributed by atoms with Crippen LogP contribution in [-0.4, -0.2) is 6.61 Å². The lowest BCUT2D eigenvalue weighted by atomic mass is 9.66. The Labute approximate surface area is 183 Å². The van der Waals surface area contributed by atoms with E-state index in [1.807, 2.05) is 0 Å². The first-order valence-corrected chi connectivity index (χ1v) is 12.7. The lowest BCUT2D eigenvalue weighted by Gasteiger charge is -2.39. The number of ether oxygens (including phenoxy) is 1. The molecule has 1 atom stereocenters. The van der Waals surface area contributed by atoms with Crippen LogP contribution in [0.1, 0.15) is 109 Å². The smallest absolute Gasteiger partial charge is 0.200 e. The Morgan fingerprint density at radius 3 is 2.10 bits per heavy atom. The summed E-state index contributed by atoms with van der Waals surface area (Å²) in [4.78, 5) is 0. The van der Waals surface area contributed by atoms with Gasteiger partial charge in [-0.25, -0.2) is 4.39 Å². The predicted octanol–water partition coefficient (Wildman–Crippen LogP) is 8.66. The maximum Gasteiger partial charge on any atom is 0.200 e. The normalized spacial score (nSPS) is 28.3. The van der Waals surface area contributed by atoms with Crippen molar-refractivity contribution in [3.63, 3.8) is 0 Å². The van der Waals surface area contributed by atoms with Crippen LogP contribution in [0.4, 0.5) is 8.78 Å². The summed E-state index contributed by atoms with van der Waals surface area (Å²) in [6, 6.07) is 3.41. The molecule has 0 spiro atoms. The van der Waals surface area contributed by atoms with Crippen LogP contribution >= 0.6 is 0 Å². The zero-order valence-electron chi connectivity index (χ0n) is 19.4. The molecule has 2 saturated carbocycles. The number of unbranched alkanes of at least 4 members (excludes halogenated alkanes) is 2. The molecule has 1 unspecified atom stereocenters. The molecule has 1 aromatic carbocycles. The van der Waals surface area contributed by atoms with Crippen LogP contribution < -0.4 is 4.74 Å². The van der Waals surface area contributed by atoms with Crippen molar-refractivity contribution in [3.05, 3.63) is 29.3 Å². The third-order valence-corrected chi connectivity index (χ3v) is 8.25. The highest BCUT2D eigenvalue weighted by molar-refractivity contribution is 5.33. The summed E-state index contributed by atoms with van der Waals surface area (Å²) >= 11 is 0. The van der Waals surface area contributed by atoms with Gasteiger partial charge in [0.15, 0.2) is 11.6 Å². The number of hydrogen-bond donors (Lipinski definition) is 0. The third-order valence-electron chi connectivity index (χ3n) is 8.25. The SMILES string of the molecule is CCCCCOc1ccc([C@H]2CC[C@H](C(C)C3CCC(CC)CC3)CC2)c(F)c1F. The van der Waals surface area contributed by atoms with E-state index in [-0.39, 0.29) is 11.7 Å². The molecular formula is C27H42F2O. The molecule has 1 aromatic rings. The molecule has 0 heterocycles. The maximum absolute atomic E-state index is 14.8. The van der Waals surface area contributed by atoms with Crippen LogP contribution in [0.25, 0.3) is 0 Å². The highest BCUT2D eigenvalue weighted by Gasteiger charge is 2.33. The van der Waals surface area contributed by atoms with E-state index in [4.69, 9.17) is 4.74 Å². The van der Waals surface area contributed by atoms with Crippen molar-refractivity contribution in [2.45, 2.75) is 104 Å². The molecule has 0 bridgehead atoms. The molecule has 0 aliphatic heterocycles. The van der Waals surface area contributed by atoms with Gasteiger partial charge in [0.25, 0.3) is 0 Å². The molecule has 170 valence electrons. The number of halogens is 2. The average Bonchev–Trinajstić information content (AvgIpc) is 2.79. The Morgan fingerprint density at radius 2 is 1.50 bits per heavy atom. The number of rotatable bonds is 9. The molecule has 0 radical (unpaired) electrons. The quantitative estimate of drug-likeness (QED) is 0.363. The second-order valence-corrected chi connectivity index (χ2v) is 10.00. The van der Waals surface area contributed by atoms with Gasteiger partial charge in [-0.15, -0.1) is 0 Å². The highest BCUT2D eigenvalue weighted by Crippen LogP contribution is 2.45. The van der Waals surface area contributed by atoms with E-state index in [0.29, 0.717) is 12.2 Å². The van der Waals surface area contributed by atoms with Gasteiger partial charge in [-0.3, -0.25) is 0 Å². The zero-order valence-corrected chi connectivity index (χ0v) is 19.4. The highest BCUT2D eigenvalue weighted by atomic mass is 19.2. The van der Waals surface area contributed by atoms with Crippen molar-refractivity contribution >= 4 is 0 Å². The van der Waals surface area contributed by atoms with Crippen LogP contribution in [0.5, 0.6) is 5.75 Å². The van der Waals surface area contributed by atoms with E-state index < -0.39 is 11.6 Å². The van der Waals surface area contributed by atoms with Crippen molar-refractivity contribution in [3.8, 4) is 5.75 Å². The fraction of sp³-hybridized carbons (Fsp3) is 0.778. The van der Waals surface area contributed by atoms with Gasteiger partial charge in [-0.05, 0) is 86.2 Å². The molecule has 0 saturated heterocycles. The van der Waals surface area contributed by atoms with E-state index >= 15 is 0 Å². The summed E-state index contributed by atoms with van der Waals surface area (Å²) < 4.78 is 34.8. The minimum absolute atomic E-state index is 0.0670. The van der Waals surface area contributed by atoms with Crippen LogP contribution in [-0.2, 0) is 0 Å². The van der Waals surface area contributed by atoms with Gasteiger partial charge in [-0.1, -0.05) is 58.9 Å². The first kappa shape index (κ1) is 23.5. The largest absolute Gasteiger partial charge is 0.490 e. The first-order valence-electron chi connectivity index (χ1n) is 12.7. The van der Waals surface area contributed by atoms with E-state index in [1.165, 1.54) is 32.1 Å². The second-order valence-electron chi connectivity index (χ2n) is 10.00. The number of benzene rings is 1. The molecule has 1 nitrogen and oxygen atoms in total. The average molecular weight is 421 g/mol. The summed E-state index contributed by atoms with van der Waals surface area (Å²) in [5.41, 5.74) is 0.558. The first-order chi connectivity index (χ1) is 14.5. The van der Waals surface area contributed by atoms with Gasteiger partial charge in [0.1, 0.15) is 0 Å².